The van der Waals surface area contributed by atoms with Gasteiger partial charge in [-0.25, -0.2) is 9.59 Å². The van der Waals surface area contributed by atoms with Crippen LogP contribution in [0.3, 0.4) is 0 Å². The van der Waals surface area contributed by atoms with Crippen LogP contribution in [0.25, 0.3) is 0 Å². The molecule has 0 aliphatic carbocycles. The molecule has 1 aliphatic rings. The zero-order chi connectivity index (χ0) is 14.9. The molecule has 1 fully saturated rings. The highest BCUT2D eigenvalue weighted by molar-refractivity contribution is 5.97. The van der Waals surface area contributed by atoms with Crippen molar-refractivity contribution in [3.8, 4) is 5.75 Å². The summed E-state index contributed by atoms with van der Waals surface area (Å²) in [4.78, 5) is 24.9. The number of nitrogens with zero attached hydrogens (tertiary/aromatic N) is 1. The van der Waals surface area contributed by atoms with E-state index in [1.54, 1.807) is 4.90 Å². The monoisotopic (exact) mass is 278 g/mol. The molecule has 0 saturated carbocycles. The summed E-state index contributed by atoms with van der Waals surface area (Å²) in [6.07, 6.45) is 1.85. The van der Waals surface area contributed by atoms with E-state index in [1.807, 2.05) is 13.8 Å². The number of phenols is 1. The molecule has 0 unspecified atom stereocenters. The number of aromatic carboxylic acids is 1. The predicted molar refractivity (Wildman–Crippen MR) is 74.1 cm³/mol. The maximum atomic E-state index is 12.2. The van der Waals surface area contributed by atoms with Gasteiger partial charge >= 0.3 is 12.0 Å². The first kappa shape index (κ1) is 14.2. The Kier molecular flexibility index (Phi) is 3.57. The van der Waals surface area contributed by atoms with E-state index in [0.29, 0.717) is 6.54 Å². The Morgan fingerprint density at radius 3 is 2.60 bits per heavy atom. The number of amides is 2. The zero-order valence-corrected chi connectivity index (χ0v) is 11.5. The summed E-state index contributed by atoms with van der Waals surface area (Å²) in [7, 11) is 0. The molecule has 1 aromatic rings. The largest absolute Gasteiger partial charge is 0.505 e. The maximum absolute atomic E-state index is 12.2. The molecule has 108 valence electrons. The number of carbonyl (C=O) groups excluding carboxylic acids is 1. The second kappa shape index (κ2) is 5.03. The SMILES string of the molecule is CC1(C)CCCN1C(=O)Nc1cccc(C(=O)O)c1O. The second-order valence-electron chi connectivity index (χ2n) is 5.50. The molecule has 0 bridgehead atoms. The van der Waals surface area contributed by atoms with E-state index in [0.717, 1.165) is 12.8 Å². The lowest BCUT2D eigenvalue weighted by molar-refractivity contribution is 0.0693. The molecule has 1 heterocycles. The molecule has 0 spiro atoms. The smallest absolute Gasteiger partial charge is 0.339 e. The van der Waals surface area contributed by atoms with Crippen molar-refractivity contribution >= 4 is 17.7 Å². The maximum Gasteiger partial charge on any atom is 0.339 e. The minimum Gasteiger partial charge on any atom is -0.505 e. The van der Waals surface area contributed by atoms with E-state index >= 15 is 0 Å². The lowest BCUT2D eigenvalue weighted by Crippen LogP contribution is -2.45. The van der Waals surface area contributed by atoms with Crippen molar-refractivity contribution in [1.82, 2.24) is 4.90 Å². The van der Waals surface area contributed by atoms with Crippen LogP contribution in [0.5, 0.6) is 5.75 Å². The quantitative estimate of drug-likeness (QED) is 0.725. The number of carboxylic acid groups (broad SMARTS) is 1. The van der Waals surface area contributed by atoms with Crippen molar-refractivity contribution in [3.63, 3.8) is 0 Å². The van der Waals surface area contributed by atoms with Crippen molar-refractivity contribution in [2.45, 2.75) is 32.2 Å². The molecule has 2 amide bonds. The Labute approximate surface area is 117 Å². The van der Waals surface area contributed by atoms with Crippen LogP contribution < -0.4 is 5.32 Å². The van der Waals surface area contributed by atoms with Gasteiger partial charge in [-0.05, 0) is 38.8 Å². The summed E-state index contributed by atoms with van der Waals surface area (Å²) in [5.74, 6) is -1.66. The Bertz CT molecular complexity index is 554. The number of carbonyl (C=O) groups is 2. The number of carboxylic acids is 1. The third-order valence-corrected chi connectivity index (χ3v) is 3.65. The predicted octanol–water partition coefficient (Wildman–Crippen LogP) is 2.50. The molecular formula is C14H18N2O4. The highest BCUT2D eigenvalue weighted by Gasteiger charge is 2.35. The third kappa shape index (κ3) is 2.54. The number of hydrogen-bond donors (Lipinski definition) is 3. The molecule has 6 nitrogen and oxygen atoms in total. The van der Waals surface area contributed by atoms with E-state index in [4.69, 9.17) is 5.11 Å². The molecule has 2 rings (SSSR count). The Hall–Kier alpha value is -2.24. The number of likely N-dealkylation sites (tertiary alicyclic amines) is 1. The van der Waals surface area contributed by atoms with Crippen molar-refractivity contribution in [2.75, 3.05) is 11.9 Å². The molecule has 0 radical (unpaired) electrons. The molecular weight excluding hydrogens is 260 g/mol. The van der Waals surface area contributed by atoms with Crippen LogP contribution in [0.4, 0.5) is 10.5 Å². The first-order valence-corrected chi connectivity index (χ1v) is 6.47. The van der Waals surface area contributed by atoms with Crippen LogP contribution >= 0.6 is 0 Å². The van der Waals surface area contributed by atoms with E-state index < -0.39 is 11.7 Å². The Morgan fingerprint density at radius 2 is 2.05 bits per heavy atom. The van der Waals surface area contributed by atoms with E-state index in [2.05, 4.69) is 5.32 Å². The Balaban J connectivity index is 2.20. The lowest BCUT2D eigenvalue weighted by atomic mass is 10.0. The standard InChI is InChI=1S/C14H18N2O4/c1-14(2)7-4-8-16(14)13(20)15-10-6-3-5-9(11(10)17)12(18)19/h3,5-6,17H,4,7-8H2,1-2H3,(H,15,20)(H,18,19). The summed E-state index contributed by atoms with van der Waals surface area (Å²) in [6.45, 7) is 4.61. The average molecular weight is 278 g/mol. The van der Waals surface area contributed by atoms with Crippen molar-refractivity contribution < 1.29 is 19.8 Å². The molecule has 0 aromatic heterocycles. The van der Waals surface area contributed by atoms with Gasteiger partial charge in [-0.3, -0.25) is 0 Å². The molecule has 6 heteroatoms. The molecule has 0 atom stereocenters. The molecule has 20 heavy (non-hydrogen) atoms. The first-order valence-electron chi connectivity index (χ1n) is 6.47. The fraction of sp³-hybridized carbons (Fsp3) is 0.429. The number of benzene rings is 1. The van der Waals surface area contributed by atoms with Gasteiger partial charge in [-0.15, -0.1) is 0 Å². The summed E-state index contributed by atoms with van der Waals surface area (Å²) in [6, 6.07) is 3.91. The number of para-hydroxylation sites is 1. The molecule has 1 aromatic carbocycles. The number of urea groups is 1. The summed E-state index contributed by atoms with van der Waals surface area (Å²) in [5, 5.41) is 21.4. The van der Waals surface area contributed by atoms with Gasteiger partial charge in [0.15, 0.2) is 5.75 Å². The molecule has 3 N–H and O–H groups in total. The first-order chi connectivity index (χ1) is 9.33. The van der Waals surface area contributed by atoms with Crippen molar-refractivity contribution in [2.24, 2.45) is 0 Å². The summed E-state index contributed by atoms with van der Waals surface area (Å²) in [5.41, 5.74) is -0.356. The minimum absolute atomic E-state index is 0.109. The number of nitrogens with one attached hydrogen (secondary N) is 1. The van der Waals surface area contributed by atoms with Crippen molar-refractivity contribution in [1.29, 1.82) is 0 Å². The lowest BCUT2D eigenvalue weighted by Gasteiger charge is -2.31. The van der Waals surface area contributed by atoms with Crippen LogP contribution in [0.2, 0.25) is 0 Å². The summed E-state index contributed by atoms with van der Waals surface area (Å²) < 4.78 is 0. The van der Waals surface area contributed by atoms with E-state index in [-0.39, 0.29) is 22.8 Å². The second-order valence-corrected chi connectivity index (χ2v) is 5.50. The van der Waals surface area contributed by atoms with Gasteiger partial charge in [-0.1, -0.05) is 6.07 Å². The van der Waals surface area contributed by atoms with Gasteiger partial charge in [0.25, 0.3) is 0 Å². The number of rotatable bonds is 2. The van der Waals surface area contributed by atoms with Gasteiger partial charge in [0.1, 0.15) is 5.56 Å². The fourth-order valence-electron chi connectivity index (χ4n) is 2.48. The molecule has 1 saturated heterocycles. The van der Waals surface area contributed by atoms with Gasteiger partial charge in [0.2, 0.25) is 0 Å². The van der Waals surface area contributed by atoms with Crippen LogP contribution in [0, 0.1) is 0 Å². The normalized spacial score (nSPS) is 17.0. The number of anilines is 1. The van der Waals surface area contributed by atoms with E-state index in [9.17, 15) is 14.7 Å². The van der Waals surface area contributed by atoms with Crippen LogP contribution in [-0.2, 0) is 0 Å². The Morgan fingerprint density at radius 1 is 1.35 bits per heavy atom. The van der Waals surface area contributed by atoms with Gasteiger partial charge < -0.3 is 20.4 Å². The topological polar surface area (TPSA) is 89.9 Å². The van der Waals surface area contributed by atoms with Crippen molar-refractivity contribution in [3.05, 3.63) is 23.8 Å². The van der Waals surface area contributed by atoms with Gasteiger partial charge in [-0.2, -0.15) is 0 Å². The average Bonchev–Trinajstić information content (AvgIpc) is 2.71. The fourth-order valence-corrected chi connectivity index (χ4v) is 2.48. The highest BCUT2D eigenvalue weighted by atomic mass is 16.4. The number of aromatic hydroxyl groups is 1. The highest BCUT2D eigenvalue weighted by Crippen LogP contribution is 2.31. The third-order valence-electron chi connectivity index (χ3n) is 3.65. The molecule has 1 aliphatic heterocycles. The van der Waals surface area contributed by atoms with Crippen LogP contribution in [0.15, 0.2) is 18.2 Å². The van der Waals surface area contributed by atoms with Crippen LogP contribution in [-0.4, -0.2) is 39.2 Å². The number of hydrogen-bond acceptors (Lipinski definition) is 3. The van der Waals surface area contributed by atoms with Gasteiger partial charge in [0.05, 0.1) is 5.69 Å². The zero-order valence-electron chi connectivity index (χ0n) is 11.5. The van der Waals surface area contributed by atoms with Crippen LogP contribution in [0.1, 0.15) is 37.0 Å². The van der Waals surface area contributed by atoms with Gasteiger partial charge in [0, 0.05) is 12.1 Å². The van der Waals surface area contributed by atoms with E-state index in [1.165, 1.54) is 18.2 Å². The summed E-state index contributed by atoms with van der Waals surface area (Å²) >= 11 is 0. The minimum atomic E-state index is -1.24.